The molecule has 46 heavy (non-hydrogen) atoms. The smallest absolute Gasteiger partial charge is 0.335 e. The first-order chi connectivity index (χ1) is 22.2. The molecule has 0 bridgehead atoms. The quantitative estimate of drug-likeness (QED) is 0.0677. The molecule has 4 atom stereocenters. The van der Waals surface area contributed by atoms with E-state index in [1.807, 2.05) is 0 Å². The molecule has 3 amide bonds. The Kier molecular flexibility index (Phi) is 15.5. The zero-order valence-electron chi connectivity index (χ0n) is 25.2. The van der Waals surface area contributed by atoms with Gasteiger partial charge in [-0.1, -0.05) is 6.07 Å². The van der Waals surface area contributed by atoms with Gasteiger partial charge in [0.2, 0.25) is 12.2 Å². The van der Waals surface area contributed by atoms with E-state index in [2.05, 4.69) is 5.32 Å². The molecule has 2 aliphatic rings. The zero-order valence-corrected chi connectivity index (χ0v) is 25.2. The van der Waals surface area contributed by atoms with E-state index >= 15 is 0 Å². The third-order valence-electron chi connectivity index (χ3n) is 6.90. The van der Waals surface area contributed by atoms with E-state index in [1.54, 1.807) is 18.2 Å². The summed E-state index contributed by atoms with van der Waals surface area (Å²) >= 11 is 0. The van der Waals surface area contributed by atoms with Crippen molar-refractivity contribution in [3.05, 3.63) is 41.5 Å². The van der Waals surface area contributed by atoms with E-state index in [4.69, 9.17) is 28.4 Å². The summed E-state index contributed by atoms with van der Waals surface area (Å²) in [6.45, 7) is 2.74. The molecule has 0 aliphatic carbocycles. The van der Waals surface area contributed by atoms with Crippen molar-refractivity contribution in [3.8, 4) is 5.75 Å². The topological polar surface area (TPSA) is 217 Å². The summed E-state index contributed by atoms with van der Waals surface area (Å²) in [5, 5.41) is 31.7. The van der Waals surface area contributed by atoms with Gasteiger partial charge in [-0.25, -0.2) is 4.79 Å². The van der Waals surface area contributed by atoms with Crippen LogP contribution in [-0.4, -0.2) is 128 Å². The van der Waals surface area contributed by atoms with Gasteiger partial charge in [-0.2, -0.15) is 0 Å². The average molecular weight is 653 g/mol. The lowest BCUT2D eigenvalue weighted by Gasteiger charge is -2.35. The normalized spacial score (nSPS) is 21.0. The lowest BCUT2D eigenvalue weighted by Crippen LogP contribution is -2.53. The summed E-state index contributed by atoms with van der Waals surface area (Å²) < 4.78 is 32.4. The molecular formula is C30H40N2O14. The third kappa shape index (κ3) is 12.1. The minimum atomic E-state index is -1.65. The largest absolute Gasteiger partial charge is 0.479 e. The van der Waals surface area contributed by atoms with Crippen molar-refractivity contribution in [3.63, 3.8) is 0 Å². The number of aliphatic hydroxyl groups excluding tert-OH is 2. The van der Waals surface area contributed by atoms with Crippen LogP contribution >= 0.6 is 0 Å². The van der Waals surface area contributed by atoms with Gasteiger partial charge in [0.1, 0.15) is 18.5 Å². The van der Waals surface area contributed by atoms with Gasteiger partial charge < -0.3 is 49.1 Å². The molecule has 1 fully saturated rings. The fraction of sp³-hybridized carbons (Fsp3) is 0.567. The van der Waals surface area contributed by atoms with E-state index in [9.17, 15) is 39.3 Å². The van der Waals surface area contributed by atoms with Crippen molar-refractivity contribution in [1.82, 2.24) is 10.2 Å². The predicted molar refractivity (Wildman–Crippen MR) is 155 cm³/mol. The molecule has 3 rings (SSSR count). The number of nitrogens with one attached hydrogen (secondary N) is 1. The van der Waals surface area contributed by atoms with Gasteiger partial charge in [0, 0.05) is 50.3 Å². The maximum absolute atomic E-state index is 11.8. The second-order valence-corrected chi connectivity index (χ2v) is 10.3. The van der Waals surface area contributed by atoms with E-state index in [0.717, 1.165) is 10.5 Å². The Bertz CT molecular complexity index is 1190. The van der Waals surface area contributed by atoms with Crippen LogP contribution in [0.3, 0.4) is 0 Å². The van der Waals surface area contributed by atoms with E-state index in [1.165, 1.54) is 12.2 Å². The van der Waals surface area contributed by atoms with Crippen LogP contribution in [0, 0.1) is 0 Å². The van der Waals surface area contributed by atoms with Gasteiger partial charge >= 0.3 is 5.97 Å². The SMILES string of the molecule is O=COCc1cc(CCCOCCOCCOCCNC(=O)CCN2C(=O)C=CC2=O)ccc1O[C@H]1C[C@@H](O)[C@H](O)[C@@H](C(=O)O)O1. The number of carboxylic acids is 1. The number of ether oxygens (including phenoxy) is 6. The molecule has 16 nitrogen and oxygen atoms in total. The van der Waals surface area contributed by atoms with E-state index in [0.29, 0.717) is 64.5 Å². The maximum atomic E-state index is 11.8. The molecule has 2 aliphatic heterocycles. The summed E-state index contributed by atoms with van der Waals surface area (Å²) in [5.74, 6) is -2.26. The number of amides is 3. The number of aryl methyl sites for hydroxylation is 1. The summed E-state index contributed by atoms with van der Waals surface area (Å²) in [6.07, 6.45) is -2.14. The third-order valence-corrected chi connectivity index (χ3v) is 6.90. The minimum absolute atomic E-state index is 0.0223. The highest BCUT2D eigenvalue weighted by atomic mass is 16.7. The van der Waals surface area contributed by atoms with Crippen molar-refractivity contribution < 1.29 is 67.7 Å². The number of carbonyl (C=O) groups excluding carboxylic acids is 4. The number of benzene rings is 1. The second-order valence-electron chi connectivity index (χ2n) is 10.3. The van der Waals surface area contributed by atoms with Crippen molar-refractivity contribution in [2.24, 2.45) is 0 Å². The fourth-order valence-electron chi connectivity index (χ4n) is 4.54. The van der Waals surface area contributed by atoms with Crippen LogP contribution in [0.1, 0.15) is 30.4 Å². The van der Waals surface area contributed by atoms with Gasteiger partial charge in [-0.3, -0.25) is 24.1 Å². The number of aliphatic carboxylic acids is 1. The number of hydrogen-bond donors (Lipinski definition) is 4. The Morgan fingerprint density at radius 3 is 2.35 bits per heavy atom. The first kappa shape index (κ1) is 36.5. The monoisotopic (exact) mass is 652 g/mol. The van der Waals surface area contributed by atoms with E-state index < -0.39 is 42.4 Å². The molecule has 2 heterocycles. The molecule has 254 valence electrons. The Morgan fingerprint density at radius 2 is 1.67 bits per heavy atom. The van der Waals surface area contributed by atoms with Crippen molar-refractivity contribution in [2.75, 3.05) is 52.7 Å². The number of imide groups is 1. The molecule has 4 N–H and O–H groups in total. The van der Waals surface area contributed by atoms with Gasteiger partial charge in [0.25, 0.3) is 18.3 Å². The van der Waals surface area contributed by atoms with Crippen LogP contribution in [0.15, 0.2) is 30.4 Å². The lowest BCUT2D eigenvalue weighted by molar-refractivity contribution is -0.228. The van der Waals surface area contributed by atoms with Crippen LogP contribution in [0.5, 0.6) is 5.75 Å². The van der Waals surface area contributed by atoms with Gasteiger partial charge in [-0.05, 0) is 30.5 Å². The summed E-state index contributed by atoms with van der Waals surface area (Å²) in [6, 6.07) is 5.22. The van der Waals surface area contributed by atoms with Crippen LogP contribution < -0.4 is 10.1 Å². The lowest BCUT2D eigenvalue weighted by atomic mass is 10.0. The molecule has 1 aromatic carbocycles. The van der Waals surface area contributed by atoms with Gasteiger partial charge in [0.15, 0.2) is 6.10 Å². The Hall–Kier alpha value is -3.93. The van der Waals surface area contributed by atoms with Crippen LogP contribution in [0.2, 0.25) is 0 Å². The first-order valence-corrected chi connectivity index (χ1v) is 14.8. The molecule has 1 saturated heterocycles. The highest BCUT2D eigenvalue weighted by Crippen LogP contribution is 2.28. The molecule has 0 aromatic heterocycles. The highest BCUT2D eigenvalue weighted by Gasteiger charge is 2.42. The molecular weight excluding hydrogens is 612 g/mol. The molecule has 16 heteroatoms. The predicted octanol–water partition coefficient (Wildman–Crippen LogP) is -0.926. The fourth-order valence-corrected chi connectivity index (χ4v) is 4.54. The van der Waals surface area contributed by atoms with Crippen molar-refractivity contribution >= 4 is 30.2 Å². The molecule has 0 spiro atoms. The highest BCUT2D eigenvalue weighted by molar-refractivity contribution is 6.13. The zero-order chi connectivity index (χ0) is 33.3. The first-order valence-electron chi connectivity index (χ1n) is 14.8. The Labute approximate surface area is 265 Å². The second kappa shape index (κ2) is 19.6. The maximum Gasteiger partial charge on any atom is 0.335 e. The minimum Gasteiger partial charge on any atom is -0.479 e. The Balaban J connectivity index is 1.23. The van der Waals surface area contributed by atoms with Gasteiger partial charge in [0.05, 0.1) is 39.1 Å². The van der Waals surface area contributed by atoms with Crippen LogP contribution in [-0.2, 0) is 60.7 Å². The van der Waals surface area contributed by atoms with E-state index in [-0.39, 0.29) is 44.3 Å². The molecule has 1 aromatic rings. The average Bonchev–Trinajstić information content (AvgIpc) is 3.35. The van der Waals surface area contributed by atoms with Crippen LogP contribution in [0.4, 0.5) is 0 Å². The van der Waals surface area contributed by atoms with Gasteiger partial charge in [-0.15, -0.1) is 0 Å². The standard InChI is InChI=1S/C30H40N2O14/c33-19-44-18-21-16-20(3-4-23(21)45-27-17-22(34)28(38)29(46-27)30(39)40)2-1-10-41-12-14-43-15-13-42-11-8-31-24(35)7-9-32-25(36)5-6-26(32)37/h3-6,16,19,22,27-29,34,38H,1-2,7-15,17-18H2,(H,31,35)(H,39,40)/t22-,27-,28+,29+/m1/s1. The van der Waals surface area contributed by atoms with Crippen LogP contribution in [0.25, 0.3) is 0 Å². The number of carbonyl (C=O) groups is 5. The van der Waals surface area contributed by atoms with Crippen molar-refractivity contribution in [1.29, 1.82) is 0 Å². The summed E-state index contributed by atoms with van der Waals surface area (Å²) in [7, 11) is 0. The number of aliphatic hydroxyl groups is 2. The van der Waals surface area contributed by atoms with Crippen molar-refractivity contribution in [2.45, 2.75) is 56.9 Å². The molecule has 0 saturated carbocycles. The number of carboxylic acid groups (broad SMARTS) is 1. The Morgan fingerprint density at radius 1 is 1.00 bits per heavy atom. The summed E-state index contributed by atoms with van der Waals surface area (Å²) in [4.78, 5) is 57.9. The number of rotatable bonds is 22. The molecule has 0 radical (unpaired) electrons. The molecule has 0 unspecified atom stereocenters. The number of hydrogen-bond acceptors (Lipinski definition) is 13. The summed E-state index contributed by atoms with van der Waals surface area (Å²) in [5.41, 5.74) is 1.44. The number of nitrogens with zero attached hydrogens (tertiary/aromatic N) is 1.